The standard InChI is InChI=1S/C24H30N4O3/c1-27(19-14-31-15-19)18-7-10-21-22(12-18)28(13-17-4-3-11-25-23(17)26-21)24(29)16-5-8-20(30-2)9-6-16/h3-4,7,10-12,16,19-20H,5-6,8-9,13-15H2,1-2H3,(H,25,26)/t16-,20-. The summed E-state index contributed by atoms with van der Waals surface area (Å²) in [5.74, 6) is 1.04. The van der Waals surface area contributed by atoms with Crippen LogP contribution in [0.25, 0.3) is 0 Å². The molecule has 1 aromatic carbocycles. The molecule has 2 aromatic rings. The maximum Gasteiger partial charge on any atom is 0.230 e. The van der Waals surface area contributed by atoms with Gasteiger partial charge in [0, 0.05) is 37.5 Å². The molecule has 3 aliphatic rings. The molecule has 31 heavy (non-hydrogen) atoms. The molecule has 164 valence electrons. The molecule has 0 atom stereocenters. The number of carbonyl (C=O) groups excluding carboxylic acids is 1. The zero-order valence-electron chi connectivity index (χ0n) is 18.2. The van der Waals surface area contributed by atoms with Gasteiger partial charge >= 0.3 is 0 Å². The van der Waals surface area contributed by atoms with E-state index in [-0.39, 0.29) is 17.9 Å². The van der Waals surface area contributed by atoms with E-state index in [2.05, 4.69) is 40.4 Å². The number of benzene rings is 1. The zero-order chi connectivity index (χ0) is 21.4. The molecule has 2 aliphatic heterocycles. The number of fused-ring (bicyclic) bond motifs is 2. The number of hydrogen-bond donors (Lipinski definition) is 1. The number of hydrogen-bond acceptors (Lipinski definition) is 6. The van der Waals surface area contributed by atoms with Crippen molar-refractivity contribution in [2.75, 3.05) is 42.5 Å². The van der Waals surface area contributed by atoms with Gasteiger partial charge in [-0.05, 0) is 49.9 Å². The van der Waals surface area contributed by atoms with Crippen LogP contribution >= 0.6 is 0 Å². The minimum Gasteiger partial charge on any atom is -0.381 e. The van der Waals surface area contributed by atoms with Crippen LogP contribution in [0, 0.1) is 5.92 Å². The topological polar surface area (TPSA) is 66.9 Å². The van der Waals surface area contributed by atoms with Gasteiger partial charge in [0.2, 0.25) is 5.91 Å². The van der Waals surface area contributed by atoms with E-state index in [1.807, 2.05) is 17.0 Å². The minimum atomic E-state index is 0.0267. The van der Waals surface area contributed by atoms with Crippen LogP contribution in [0.15, 0.2) is 36.5 Å². The highest BCUT2D eigenvalue weighted by Gasteiger charge is 2.33. The molecule has 3 heterocycles. The van der Waals surface area contributed by atoms with Gasteiger partial charge in [-0.2, -0.15) is 0 Å². The Balaban J connectivity index is 1.49. The van der Waals surface area contributed by atoms with Gasteiger partial charge in [-0.1, -0.05) is 6.07 Å². The SMILES string of the molecule is CO[C@H]1CC[C@H](C(=O)N2Cc3cccnc3Nc3ccc(N(C)C4COC4)cc32)CC1. The zero-order valence-corrected chi connectivity index (χ0v) is 18.2. The predicted octanol–water partition coefficient (Wildman–Crippen LogP) is 3.71. The van der Waals surface area contributed by atoms with Crippen LogP contribution in [-0.2, 0) is 20.8 Å². The Morgan fingerprint density at radius 2 is 2.03 bits per heavy atom. The largest absolute Gasteiger partial charge is 0.381 e. The van der Waals surface area contributed by atoms with E-state index in [1.165, 1.54) is 0 Å². The second-order valence-electron chi connectivity index (χ2n) is 8.77. The van der Waals surface area contributed by atoms with Crippen LogP contribution in [0.2, 0.25) is 0 Å². The van der Waals surface area contributed by atoms with Crippen molar-refractivity contribution >= 4 is 28.8 Å². The van der Waals surface area contributed by atoms with Crippen LogP contribution in [0.1, 0.15) is 31.2 Å². The summed E-state index contributed by atoms with van der Waals surface area (Å²) in [5.41, 5.74) is 3.95. The highest BCUT2D eigenvalue weighted by molar-refractivity contribution is 6.00. The third kappa shape index (κ3) is 3.88. The van der Waals surface area contributed by atoms with Gasteiger partial charge < -0.3 is 24.6 Å². The fourth-order valence-corrected chi connectivity index (χ4v) is 4.75. The molecule has 1 amide bonds. The summed E-state index contributed by atoms with van der Waals surface area (Å²) >= 11 is 0. The molecule has 1 aromatic heterocycles. The number of carbonyl (C=O) groups is 1. The summed E-state index contributed by atoms with van der Waals surface area (Å²) in [5, 5.41) is 3.46. The lowest BCUT2D eigenvalue weighted by Gasteiger charge is -2.37. The monoisotopic (exact) mass is 422 g/mol. The average Bonchev–Trinajstić information content (AvgIpc) is 2.93. The summed E-state index contributed by atoms with van der Waals surface area (Å²) in [4.78, 5) is 22.5. The lowest BCUT2D eigenvalue weighted by Crippen LogP contribution is -2.47. The van der Waals surface area contributed by atoms with Gasteiger partial charge in [-0.15, -0.1) is 0 Å². The van der Waals surface area contributed by atoms with Gasteiger partial charge in [0.15, 0.2) is 0 Å². The molecular weight excluding hydrogens is 392 g/mol. The number of amides is 1. The van der Waals surface area contributed by atoms with Crippen LogP contribution < -0.4 is 15.1 Å². The van der Waals surface area contributed by atoms with Crippen molar-refractivity contribution < 1.29 is 14.3 Å². The molecule has 7 heteroatoms. The average molecular weight is 423 g/mol. The summed E-state index contributed by atoms with van der Waals surface area (Å²) in [7, 11) is 3.85. The third-order valence-corrected chi connectivity index (χ3v) is 6.94. The minimum absolute atomic E-state index is 0.0267. The first-order valence-corrected chi connectivity index (χ1v) is 11.1. The van der Waals surface area contributed by atoms with Crippen molar-refractivity contribution in [2.24, 2.45) is 5.92 Å². The molecule has 0 unspecified atom stereocenters. The first kappa shape index (κ1) is 20.3. The Hall–Kier alpha value is -2.64. The number of likely N-dealkylation sites (N-methyl/N-ethyl adjacent to an activating group) is 1. The number of anilines is 4. The van der Waals surface area contributed by atoms with Crippen molar-refractivity contribution in [1.29, 1.82) is 0 Å². The van der Waals surface area contributed by atoms with Gasteiger partial charge in [-0.3, -0.25) is 4.79 Å². The summed E-state index contributed by atoms with van der Waals surface area (Å²) in [6.45, 7) is 2.01. The van der Waals surface area contributed by atoms with E-state index in [0.29, 0.717) is 12.6 Å². The molecule has 7 nitrogen and oxygen atoms in total. The van der Waals surface area contributed by atoms with E-state index in [1.54, 1.807) is 13.3 Å². The molecule has 0 spiro atoms. The predicted molar refractivity (Wildman–Crippen MR) is 121 cm³/mol. The molecule has 1 saturated carbocycles. The normalized spacial score (nSPS) is 23.1. The van der Waals surface area contributed by atoms with E-state index < -0.39 is 0 Å². The van der Waals surface area contributed by atoms with Crippen LogP contribution in [0.5, 0.6) is 0 Å². The number of nitrogens with one attached hydrogen (secondary N) is 1. The molecule has 1 saturated heterocycles. The molecule has 2 fully saturated rings. The van der Waals surface area contributed by atoms with E-state index in [4.69, 9.17) is 9.47 Å². The highest BCUT2D eigenvalue weighted by atomic mass is 16.5. The lowest BCUT2D eigenvalue weighted by molar-refractivity contribution is -0.124. The van der Waals surface area contributed by atoms with Gasteiger partial charge in [0.05, 0.1) is 43.3 Å². The quantitative estimate of drug-likeness (QED) is 0.810. The van der Waals surface area contributed by atoms with Crippen molar-refractivity contribution in [3.63, 3.8) is 0 Å². The first-order chi connectivity index (χ1) is 15.1. The van der Waals surface area contributed by atoms with Gasteiger partial charge in [0.1, 0.15) is 5.82 Å². The second-order valence-corrected chi connectivity index (χ2v) is 8.77. The lowest BCUT2D eigenvalue weighted by atomic mass is 9.86. The maximum absolute atomic E-state index is 13.8. The fraction of sp³-hybridized carbons (Fsp3) is 0.500. The van der Waals surface area contributed by atoms with Crippen molar-refractivity contribution in [1.82, 2.24) is 4.98 Å². The highest BCUT2D eigenvalue weighted by Crippen LogP contribution is 2.40. The summed E-state index contributed by atoms with van der Waals surface area (Å²) in [6.07, 6.45) is 5.68. The van der Waals surface area contributed by atoms with E-state index >= 15 is 0 Å². The number of nitrogens with zero attached hydrogens (tertiary/aromatic N) is 3. The fourth-order valence-electron chi connectivity index (χ4n) is 4.75. The van der Waals surface area contributed by atoms with Crippen molar-refractivity contribution in [2.45, 2.75) is 44.4 Å². The first-order valence-electron chi connectivity index (χ1n) is 11.1. The number of pyridine rings is 1. The number of rotatable bonds is 4. The van der Waals surface area contributed by atoms with Crippen molar-refractivity contribution in [3.8, 4) is 0 Å². The Morgan fingerprint density at radius 3 is 2.74 bits per heavy atom. The second kappa shape index (κ2) is 8.48. The van der Waals surface area contributed by atoms with Crippen molar-refractivity contribution in [3.05, 3.63) is 42.1 Å². The molecule has 5 rings (SSSR count). The summed E-state index contributed by atoms with van der Waals surface area (Å²) < 4.78 is 10.9. The number of methoxy groups -OCH3 is 1. The smallest absolute Gasteiger partial charge is 0.230 e. The maximum atomic E-state index is 13.8. The Morgan fingerprint density at radius 1 is 1.23 bits per heavy atom. The van der Waals surface area contributed by atoms with Crippen LogP contribution in [0.3, 0.4) is 0 Å². The van der Waals surface area contributed by atoms with E-state index in [9.17, 15) is 4.79 Å². The number of aromatic nitrogens is 1. The molecular formula is C24H30N4O3. The van der Waals surface area contributed by atoms with Crippen LogP contribution in [-0.4, -0.2) is 50.4 Å². The Bertz CT molecular complexity index is 954. The summed E-state index contributed by atoms with van der Waals surface area (Å²) in [6, 6.07) is 10.6. The molecule has 1 N–H and O–H groups in total. The molecule has 1 aliphatic carbocycles. The van der Waals surface area contributed by atoms with E-state index in [0.717, 1.165) is 67.3 Å². The molecule has 0 bridgehead atoms. The Kier molecular flexibility index (Phi) is 5.54. The molecule has 0 radical (unpaired) electrons. The van der Waals surface area contributed by atoms with Gasteiger partial charge in [-0.25, -0.2) is 4.98 Å². The van der Waals surface area contributed by atoms with Gasteiger partial charge in [0.25, 0.3) is 0 Å². The number of ether oxygens (including phenoxy) is 2. The van der Waals surface area contributed by atoms with Crippen LogP contribution in [0.4, 0.5) is 22.9 Å². The third-order valence-electron chi connectivity index (χ3n) is 6.94. The Labute approximate surface area is 183 Å².